The molecule has 1 N–H and O–H groups in total. The number of aryl methyl sites for hydroxylation is 1. The fraction of sp³-hybridized carbons (Fsp3) is 0.267. The van der Waals surface area contributed by atoms with Crippen molar-refractivity contribution in [1.29, 1.82) is 0 Å². The molecule has 1 heterocycles. The lowest BCUT2D eigenvalue weighted by molar-refractivity contribution is -0.136. The van der Waals surface area contributed by atoms with Crippen molar-refractivity contribution in [3.63, 3.8) is 0 Å². The molecule has 110 valence electrons. The van der Waals surface area contributed by atoms with E-state index < -0.39 is 5.97 Å². The van der Waals surface area contributed by atoms with Crippen LogP contribution < -0.4 is 10.3 Å². The molecule has 0 aliphatic carbocycles. The normalized spacial score (nSPS) is 10.4. The summed E-state index contributed by atoms with van der Waals surface area (Å²) in [5.41, 5.74) is 1.22. The molecule has 21 heavy (non-hydrogen) atoms. The molecule has 1 aromatic carbocycles. The second-order valence-corrected chi connectivity index (χ2v) is 4.47. The lowest BCUT2D eigenvalue weighted by Crippen LogP contribution is -2.27. The largest absolute Gasteiger partial charge is 0.497 e. The SMILES string of the molecule is CCn1nc(-c2ccc(OC)cc2)cc(CC(=O)O)c1=O. The molecule has 0 unspecified atom stereocenters. The Morgan fingerprint density at radius 3 is 2.52 bits per heavy atom. The third-order valence-electron chi connectivity index (χ3n) is 3.08. The fourth-order valence-corrected chi connectivity index (χ4v) is 2.00. The molecule has 2 aromatic rings. The van der Waals surface area contributed by atoms with E-state index in [-0.39, 0.29) is 17.5 Å². The molecular weight excluding hydrogens is 272 g/mol. The van der Waals surface area contributed by atoms with Crippen LogP contribution in [0.25, 0.3) is 11.3 Å². The third kappa shape index (κ3) is 3.28. The van der Waals surface area contributed by atoms with Crippen LogP contribution in [0.5, 0.6) is 5.75 Å². The van der Waals surface area contributed by atoms with Gasteiger partial charge in [-0.15, -0.1) is 0 Å². The van der Waals surface area contributed by atoms with Gasteiger partial charge in [-0.3, -0.25) is 9.59 Å². The number of rotatable bonds is 5. The van der Waals surface area contributed by atoms with Gasteiger partial charge in [-0.25, -0.2) is 4.68 Å². The number of aliphatic carboxylic acids is 1. The van der Waals surface area contributed by atoms with Crippen LogP contribution in [0.1, 0.15) is 12.5 Å². The van der Waals surface area contributed by atoms with Crippen molar-refractivity contribution >= 4 is 5.97 Å². The molecule has 0 saturated heterocycles. The highest BCUT2D eigenvalue weighted by Crippen LogP contribution is 2.20. The van der Waals surface area contributed by atoms with E-state index >= 15 is 0 Å². The summed E-state index contributed by atoms with van der Waals surface area (Å²) < 4.78 is 6.37. The minimum absolute atomic E-state index is 0.227. The zero-order chi connectivity index (χ0) is 15.4. The van der Waals surface area contributed by atoms with Gasteiger partial charge in [0.15, 0.2) is 0 Å². The Morgan fingerprint density at radius 2 is 2.00 bits per heavy atom. The molecule has 6 heteroatoms. The van der Waals surface area contributed by atoms with E-state index in [2.05, 4.69) is 5.10 Å². The fourth-order valence-electron chi connectivity index (χ4n) is 2.00. The topological polar surface area (TPSA) is 81.4 Å². The molecule has 0 radical (unpaired) electrons. The molecule has 0 aliphatic heterocycles. The first-order valence-electron chi connectivity index (χ1n) is 6.52. The second kappa shape index (κ2) is 6.21. The van der Waals surface area contributed by atoms with Gasteiger partial charge in [-0.1, -0.05) is 0 Å². The van der Waals surface area contributed by atoms with Gasteiger partial charge >= 0.3 is 5.97 Å². The summed E-state index contributed by atoms with van der Waals surface area (Å²) in [6.45, 7) is 2.17. The van der Waals surface area contributed by atoms with Crippen LogP contribution in [0.4, 0.5) is 0 Å². The van der Waals surface area contributed by atoms with E-state index in [4.69, 9.17) is 9.84 Å². The van der Waals surface area contributed by atoms with Gasteiger partial charge in [0.25, 0.3) is 5.56 Å². The summed E-state index contributed by atoms with van der Waals surface area (Å²) in [7, 11) is 1.58. The molecule has 0 atom stereocenters. The van der Waals surface area contributed by atoms with Gasteiger partial charge in [0.2, 0.25) is 0 Å². The van der Waals surface area contributed by atoms with Gasteiger partial charge in [-0.05, 0) is 37.3 Å². The summed E-state index contributed by atoms with van der Waals surface area (Å²) >= 11 is 0. The maximum absolute atomic E-state index is 12.0. The van der Waals surface area contributed by atoms with Crippen LogP contribution in [-0.2, 0) is 17.8 Å². The van der Waals surface area contributed by atoms with Gasteiger partial charge in [0.1, 0.15) is 5.75 Å². The van der Waals surface area contributed by atoms with Crippen LogP contribution in [0.2, 0.25) is 0 Å². The smallest absolute Gasteiger partial charge is 0.308 e. The van der Waals surface area contributed by atoms with Crippen LogP contribution in [-0.4, -0.2) is 28.0 Å². The summed E-state index contributed by atoms with van der Waals surface area (Å²) in [4.78, 5) is 22.9. The molecule has 0 spiro atoms. The van der Waals surface area contributed by atoms with E-state index in [1.807, 2.05) is 12.1 Å². The Kier molecular flexibility index (Phi) is 4.37. The molecule has 0 saturated carbocycles. The van der Waals surface area contributed by atoms with Gasteiger partial charge in [0.05, 0.1) is 19.2 Å². The summed E-state index contributed by atoms with van der Waals surface area (Å²) in [5.74, 6) is -0.324. The molecule has 6 nitrogen and oxygen atoms in total. The van der Waals surface area contributed by atoms with E-state index in [0.717, 1.165) is 5.56 Å². The first-order valence-corrected chi connectivity index (χ1v) is 6.52. The maximum atomic E-state index is 12.0. The number of ether oxygens (including phenoxy) is 1. The molecular formula is C15H16N2O4. The number of hydrogen-bond acceptors (Lipinski definition) is 4. The number of aromatic nitrogens is 2. The minimum atomic E-state index is -1.04. The number of nitrogens with zero attached hydrogens (tertiary/aromatic N) is 2. The Bertz CT molecular complexity index is 705. The van der Waals surface area contributed by atoms with Crippen molar-refractivity contribution in [3.8, 4) is 17.0 Å². The molecule has 0 amide bonds. The van der Waals surface area contributed by atoms with Gasteiger partial charge in [-0.2, -0.15) is 5.10 Å². The molecule has 0 bridgehead atoms. The number of carboxylic acids is 1. The van der Waals surface area contributed by atoms with Crippen molar-refractivity contribution in [1.82, 2.24) is 9.78 Å². The third-order valence-corrected chi connectivity index (χ3v) is 3.08. The highest BCUT2D eigenvalue weighted by Gasteiger charge is 2.12. The second-order valence-electron chi connectivity index (χ2n) is 4.47. The van der Waals surface area contributed by atoms with Crippen LogP contribution in [0, 0.1) is 0 Å². The Hall–Kier alpha value is -2.63. The van der Waals surface area contributed by atoms with Gasteiger partial charge in [0, 0.05) is 17.7 Å². The molecule has 0 aliphatic rings. The highest BCUT2D eigenvalue weighted by atomic mass is 16.5. The lowest BCUT2D eigenvalue weighted by Gasteiger charge is -2.09. The van der Waals surface area contributed by atoms with Crippen molar-refractivity contribution < 1.29 is 14.6 Å². The maximum Gasteiger partial charge on any atom is 0.308 e. The Morgan fingerprint density at radius 1 is 1.33 bits per heavy atom. The van der Waals surface area contributed by atoms with Gasteiger partial charge < -0.3 is 9.84 Å². The average Bonchev–Trinajstić information content (AvgIpc) is 2.49. The van der Waals surface area contributed by atoms with Crippen molar-refractivity contribution in [2.75, 3.05) is 7.11 Å². The number of hydrogen-bond donors (Lipinski definition) is 1. The Balaban J connectivity index is 2.51. The van der Waals surface area contributed by atoms with E-state index in [1.54, 1.807) is 26.2 Å². The number of benzene rings is 1. The standard InChI is InChI=1S/C15H16N2O4/c1-3-17-15(20)11(9-14(18)19)8-13(16-17)10-4-6-12(21-2)7-5-10/h4-8H,3,9H2,1-2H3,(H,18,19). The molecule has 1 aromatic heterocycles. The van der Waals surface area contributed by atoms with Crippen LogP contribution in [0.3, 0.4) is 0 Å². The average molecular weight is 288 g/mol. The zero-order valence-corrected chi connectivity index (χ0v) is 11.9. The van der Waals surface area contributed by atoms with E-state index in [0.29, 0.717) is 18.0 Å². The van der Waals surface area contributed by atoms with E-state index in [1.165, 1.54) is 10.7 Å². The van der Waals surface area contributed by atoms with Crippen molar-refractivity contribution in [3.05, 3.63) is 46.2 Å². The summed E-state index contributed by atoms with van der Waals surface area (Å²) in [6, 6.07) is 8.74. The van der Waals surface area contributed by atoms with E-state index in [9.17, 15) is 9.59 Å². The number of methoxy groups -OCH3 is 1. The lowest BCUT2D eigenvalue weighted by atomic mass is 10.1. The minimum Gasteiger partial charge on any atom is -0.497 e. The zero-order valence-electron chi connectivity index (χ0n) is 11.9. The number of carboxylic acid groups (broad SMARTS) is 1. The quantitative estimate of drug-likeness (QED) is 0.903. The predicted octanol–water partition coefficient (Wildman–Crippen LogP) is 1.57. The Labute approximate surface area is 121 Å². The molecule has 2 rings (SSSR count). The van der Waals surface area contributed by atoms with Crippen molar-refractivity contribution in [2.45, 2.75) is 19.9 Å². The first kappa shape index (κ1) is 14.8. The highest BCUT2D eigenvalue weighted by molar-refractivity contribution is 5.71. The predicted molar refractivity (Wildman–Crippen MR) is 77.5 cm³/mol. The summed E-state index contributed by atoms with van der Waals surface area (Å²) in [6.07, 6.45) is -0.315. The number of carbonyl (C=O) groups is 1. The van der Waals surface area contributed by atoms with Crippen LogP contribution in [0.15, 0.2) is 35.1 Å². The van der Waals surface area contributed by atoms with Crippen molar-refractivity contribution in [2.24, 2.45) is 0 Å². The van der Waals surface area contributed by atoms with Crippen LogP contribution >= 0.6 is 0 Å². The molecule has 0 fully saturated rings. The monoisotopic (exact) mass is 288 g/mol. The summed E-state index contributed by atoms with van der Waals surface area (Å²) in [5, 5.41) is 13.2. The first-order chi connectivity index (χ1) is 10.0.